The molecule has 0 amide bonds. The second-order valence-corrected chi connectivity index (χ2v) is 8.77. The summed E-state index contributed by atoms with van der Waals surface area (Å²) in [6.07, 6.45) is 0.00708. The molecule has 0 bridgehead atoms. The number of phenols is 3. The van der Waals surface area contributed by atoms with E-state index in [1.165, 1.54) is 24.3 Å². The van der Waals surface area contributed by atoms with E-state index in [9.17, 15) is 24.1 Å². The molecule has 3 N–H and O–H groups in total. The predicted molar refractivity (Wildman–Crippen MR) is 115 cm³/mol. The summed E-state index contributed by atoms with van der Waals surface area (Å²) < 4.78 is 28.0. The molecule has 8 heteroatoms. The molecule has 0 spiro atoms. The van der Waals surface area contributed by atoms with Crippen LogP contribution in [-0.2, 0) is 6.42 Å². The van der Waals surface area contributed by atoms with Gasteiger partial charge in [-0.3, -0.25) is 0 Å². The first kappa shape index (κ1) is 21.9. The molecule has 0 aromatic heterocycles. The highest BCUT2D eigenvalue weighted by atomic mass is 79.9. The van der Waals surface area contributed by atoms with Gasteiger partial charge in [-0.05, 0) is 68.3 Å². The van der Waals surface area contributed by atoms with Gasteiger partial charge in [0.05, 0.1) is 8.95 Å². The van der Waals surface area contributed by atoms with Crippen LogP contribution in [0.25, 0.3) is 0 Å². The van der Waals surface area contributed by atoms with Crippen molar-refractivity contribution in [3.8, 4) is 17.2 Å². The number of phenolic OH excluding ortho intramolecular Hbond substituents is 3. The molecule has 3 rings (SSSR count). The predicted octanol–water partition coefficient (Wildman–Crippen LogP) is 7.00. The highest BCUT2D eigenvalue weighted by molar-refractivity contribution is 9.10. The summed E-state index contributed by atoms with van der Waals surface area (Å²) in [5.41, 5.74) is 1.22. The van der Waals surface area contributed by atoms with E-state index >= 15 is 0 Å². The van der Waals surface area contributed by atoms with Gasteiger partial charge in [0.15, 0.2) is 0 Å². The molecular weight excluding hydrogens is 533 g/mol. The van der Waals surface area contributed by atoms with E-state index in [4.69, 9.17) is 11.6 Å². The summed E-state index contributed by atoms with van der Waals surface area (Å²) in [6.45, 7) is 1.69. The van der Waals surface area contributed by atoms with Crippen LogP contribution in [-0.4, -0.2) is 15.3 Å². The number of benzene rings is 3. The minimum absolute atomic E-state index is 0.00708. The van der Waals surface area contributed by atoms with Crippen molar-refractivity contribution < 1.29 is 24.1 Å². The Hall–Kier alpha value is -1.83. The monoisotopic (exact) mass is 546 g/mol. The zero-order valence-corrected chi connectivity index (χ0v) is 18.9. The number of halogens is 5. The van der Waals surface area contributed by atoms with Crippen LogP contribution in [0.5, 0.6) is 17.2 Å². The number of rotatable bonds is 4. The quantitative estimate of drug-likeness (QED) is 0.329. The van der Waals surface area contributed by atoms with E-state index < -0.39 is 17.6 Å². The van der Waals surface area contributed by atoms with Crippen LogP contribution in [0.4, 0.5) is 8.78 Å². The summed E-state index contributed by atoms with van der Waals surface area (Å²) in [4.78, 5) is 0. The van der Waals surface area contributed by atoms with Gasteiger partial charge in [0.1, 0.15) is 28.9 Å². The lowest BCUT2D eigenvalue weighted by Gasteiger charge is -2.19. The number of hydrogen-bond acceptors (Lipinski definition) is 3. The first-order chi connectivity index (χ1) is 13.6. The van der Waals surface area contributed by atoms with Crippen LogP contribution in [0, 0.1) is 11.6 Å². The molecule has 0 radical (unpaired) electrons. The Balaban J connectivity index is 2.09. The maximum Gasteiger partial charge on any atom is 0.133 e. The van der Waals surface area contributed by atoms with Crippen molar-refractivity contribution in [3.63, 3.8) is 0 Å². The molecule has 3 nitrogen and oxygen atoms in total. The van der Waals surface area contributed by atoms with Crippen molar-refractivity contribution in [1.29, 1.82) is 0 Å². The molecule has 152 valence electrons. The summed E-state index contributed by atoms with van der Waals surface area (Å²) in [6, 6.07) is 7.64. The third-order valence-electron chi connectivity index (χ3n) is 4.66. The fraction of sp³-hybridized carbons (Fsp3) is 0.143. The van der Waals surface area contributed by atoms with Crippen LogP contribution in [0.2, 0.25) is 5.02 Å². The van der Waals surface area contributed by atoms with E-state index in [-0.39, 0.29) is 43.7 Å². The number of aromatic hydroxyl groups is 3. The molecule has 0 aliphatic heterocycles. The largest absolute Gasteiger partial charge is 0.507 e. The zero-order chi connectivity index (χ0) is 21.5. The summed E-state index contributed by atoms with van der Waals surface area (Å²) in [5.74, 6) is -2.13. The molecule has 3 aromatic rings. The Morgan fingerprint density at radius 2 is 1.31 bits per heavy atom. The van der Waals surface area contributed by atoms with Crippen molar-refractivity contribution in [2.24, 2.45) is 0 Å². The Labute approximate surface area is 187 Å². The molecule has 0 saturated carbocycles. The van der Waals surface area contributed by atoms with Gasteiger partial charge in [0.25, 0.3) is 0 Å². The Morgan fingerprint density at radius 1 is 0.793 bits per heavy atom. The van der Waals surface area contributed by atoms with Crippen LogP contribution in [0.3, 0.4) is 0 Å². The third kappa shape index (κ3) is 4.52. The lowest BCUT2D eigenvalue weighted by atomic mass is 9.89. The maximum absolute atomic E-state index is 13.9. The molecule has 1 atom stereocenters. The molecule has 3 aromatic carbocycles. The summed E-state index contributed by atoms with van der Waals surface area (Å²) >= 11 is 12.4. The van der Waals surface area contributed by atoms with E-state index in [1.807, 2.05) is 0 Å². The lowest BCUT2D eigenvalue weighted by Crippen LogP contribution is -2.02. The normalized spacial score (nSPS) is 12.2. The summed E-state index contributed by atoms with van der Waals surface area (Å²) in [7, 11) is 0. The SMILES string of the molecule is CC(c1cc(F)cc(Br)c1O)c1cc(Cl)cc(Cc2cc(F)cc(Br)c2O)c1O. The average molecular weight is 549 g/mol. The highest BCUT2D eigenvalue weighted by Gasteiger charge is 2.22. The fourth-order valence-corrected chi connectivity index (χ4v) is 4.36. The lowest BCUT2D eigenvalue weighted by molar-refractivity contribution is 0.448. The minimum atomic E-state index is -0.604. The van der Waals surface area contributed by atoms with Gasteiger partial charge >= 0.3 is 0 Å². The van der Waals surface area contributed by atoms with Gasteiger partial charge in [-0.15, -0.1) is 0 Å². The second kappa shape index (κ2) is 8.50. The van der Waals surface area contributed by atoms with Gasteiger partial charge < -0.3 is 15.3 Å². The molecular formula is C21H15Br2ClF2O3. The molecule has 0 aliphatic rings. The van der Waals surface area contributed by atoms with Crippen molar-refractivity contribution in [2.45, 2.75) is 19.3 Å². The standard InChI is InChI=1S/C21H15Br2ClF2O3/c1-9(16-6-14(26)8-18(23)21(16)29)15-5-12(24)3-10(19(15)27)2-11-4-13(25)7-17(22)20(11)28/h3-9,27-29H,2H2,1H3. The number of hydrogen-bond donors (Lipinski definition) is 3. The van der Waals surface area contributed by atoms with E-state index in [1.54, 1.807) is 6.92 Å². The Kier molecular flexibility index (Phi) is 6.41. The van der Waals surface area contributed by atoms with Crippen molar-refractivity contribution in [1.82, 2.24) is 0 Å². The van der Waals surface area contributed by atoms with Gasteiger partial charge in [-0.25, -0.2) is 8.78 Å². The Morgan fingerprint density at radius 3 is 1.97 bits per heavy atom. The molecule has 0 aliphatic carbocycles. The molecule has 29 heavy (non-hydrogen) atoms. The molecule has 1 unspecified atom stereocenters. The van der Waals surface area contributed by atoms with E-state index in [2.05, 4.69) is 31.9 Å². The molecule has 0 fully saturated rings. The first-order valence-electron chi connectivity index (χ1n) is 8.44. The fourth-order valence-electron chi connectivity index (χ4n) is 3.19. The van der Waals surface area contributed by atoms with Gasteiger partial charge in [-0.1, -0.05) is 18.5 Å². The van der Waals surface area contributed by atoms with Crippen molar-refractivity contribution in [2.75, 3.05) is 0 Å². The second-order valence-electron chi connectivity index (χ2n) is 6.62. The zero-order valence-electron chi connectivity index (χ0n) is 15.0. The molecule has 0 heterocycles. The van der Waals surface area contributed by atoms with Crippen LogP contribution in [0.1, 0.15) is 35.1 Å². The highest BCUT2D eigenvalue weighted by Crippen LogP contribution is 2.42. The maximum atomic E-state index is 13.9. The first-order valence-corrected chi connectivity index (χ1v) is 10.4. The average Bonchev–Trinajstić information content (AvgIpc) is 2.64. The Bertz CT molecular complexity index is 1110. The van der Waals surface area contributed by atoms with Gasteiger partial charge in [0.2, 0.25) is 0 Å². The topological polar surface area (TPSA) is 60.7 Å². The minimum Gasteiger partial charge on any atom is -0.507 e. The van der Waals surface area contributed by atoms with Gasteiger partial charge in [-0.2, -0.15) is 0 Å². The van der Waals surface area contributed by atoms with Crippen LogP contribution < -0.4 is 0 Å². The van der Waals surface area contributed by atoms with E-state index in [0.717, 1.165) is 12.1 Å². The summed E-state index contributed by atoms with van der Waals surface area (Å²) in [5, 5.41) is 31.6. The van der Waals surface area contributed by atoms with Crippen LogP contribution >= 0.6 is 43.5 Å². The van der Waals surface area contributed by atoms with Crippen molar-refractivity contribution in [3.05, 3.63) is 84.3 Å². The third-order valence-corrected chi connectivity index (χ3v) is 6.09. The molecule has 0 saturated heterocycles. The van der Waals surface area contributed by atoms with Gasteiger partial charge in [0, 0.05) is 39.6 Å². The van der Waals surface area contributed by atoms with E-state index in [0.29, 0.717) is 16.1 Å². The smallest absolute Gasteiger partial charge is 0.133 e. The van der Waals surface area contributed by atoms with Crippen molar-refractivity contribution >= 4 is 43.5 Å². The van der Waals surface area contributed by atoms with Crippen LogP contribution in [0.15, 0.2) is 45.3 Å².